The zero-order valence-corrected chi connectivity index (χ0v) is 25.7. The summed E-state index contributed by atoms with van der Waals surface area (Å²) >= 11 is 19.0. The number of nitrogens with zero attached hydrogens (tertiary/aromatic N) is 2. The van der Waals surface area contributed by atoms with Gasteiger partial charge in [-0.15, -0.1) is 0 Å². The van der Waals surface area contributed by atoms with Gasteiger partial charge in [0.25, 0.3) is 10.0 Å². The predicted molar refractivity (Wildman–Crippen MR) is 164 cm³/mol. The lowest BCUT2D eigenvalue weighted by molar-refractivity contribution is -0.139. The maximum Gasteiger partial charge on any atom is 0.264 e. The van der Waals surface area contributed by atoms with E-state index in [1.54, 1.807) is 61.5 Å². The fourth-order valence-corrected chi connectivity index (χ4v) is 7.08. The van der Waals surface area contributed by atoms with E-state index in [0.717, 1.165) is 36.4 Å². The quantitative estimate of drug-likeness (QED) is 0.268. The van der Waals surface area contributed by atoms with E-state index in [2.05, 4.69) is 5.32 Å². The van der Waals surface area contributed by atoms with Crippen molar-refractivity contribution in [2.45, 2.75) is 62.6 Å². The predicted octanol–water partition coefficient (Wildman–Crippen LogP) is 6.71. The molecule has 3 aromatic rings. The second-order valence-electron chi connectivity index (χ2n) is 10.1. The molecular weight excluding hydrogens is 605 g/mol. The first-order chi connectivity index (χ1) is 19.6. The molecule has 0 aliphatic heterocycles. The van der Waals surface area contributed by atoms with Gasteiger partial charge in [-0.05, 0) is 61.7 Å². The zero-order valence-electron chi connectivity index (χ0n) is 22.6. The molecule has 4 rings (SSSR count). The van der Waals surface area contributed by atoms with Crippen LogP contribution < -0.4 is 9.62 Å². The second kappa shape index (κ2) is 13.9. The lowest BCUT2D eigenvalue weighted by atomic mass is 9.95. The average molecular weight is 637 g/mol. The number of anilines is 1. The molecule has 0 bridgehead atoms. The van der Waals surface area contributed by atoms with Crippen molar-refractivity contribution in [2.24, 2.45) is 0 Å². The van der Waals surface area contributed by atoms with Crippen LogP contribution in [-0.2, 0) is 26.2 Å². The molecule has 0 aromatic heterocycles. The summed E-state index contributed by atoms with van der Waals surface area (Å²) in [5.74, 6) is -0.910. The van der Waals surface area contributed by atoms with Crippen molar-refractivity contribution in [3.8, 4) is 0 Å². The second-order valence-corrected chi connectivity index (χ2v) is 13.2. The van der Waals surface area contributed by atoms with Crippen molar-refractivity contribution >= 4 is 62.3 Å². The minimum atomic E-state index is -4.20. The minimum absolute atomic E-state index is 0.00288. The van der Waals surface area contributed by atoms with Crippen LogP contribution in [0.25, 0.3) is 0 Å². The SMILES string of the molecule is C[C@H](C(=O)NC1CCCCC1)N(Cc1ccc(Cl)cc1Cl)C(=O)CN(c1ccccc1Cl)S(=O)(=O)c1ccccc1. The number of nitrogens with one attached hydrogen (secondary N) is 1. The molecule has 1 atom stereocenters. The number of para-hydroxylation sites is 1. The number of carbonyl (C=O) groups excluding carboxylic acids is 2. The lowest BCUT2D eigenvalue weighted by Crippen LogP contribution is -2.53. The topological polar surface area (TPSA) is 86.8 Å². The van der Waals surface area contributed by atoms with Gasteiger partial charge < -0.3 is 10.2 Å². The average Bonchev–Trinajstić information content (AvgIpc) is 2.96. The van der Waals surface area contributed by atoms with Crippen LogP contribution in [0, 0.1) is 0 Å². The van der Waals surface area contributed by atoms with Crippen LogP contribution in [-0.4, -0.2) is 43.8 Å². The summed E-state index contributed by atoms with van der Waals surface area (Å²) in [5.41, 5.74) is 0.715. The summed E-state index contributed by atoms with van der Waals surface area (Å²) in [6, 6.07) is 18.2. The number of sulfonamides is 1. The largest absolute Gasteiger partial charge is 0.352 e. The van der Waals surface area contributed by atoms with Gasteiger partial charge in [0.2, 0.25) is 11.8 Å². The Balaban J connectivity index is 1.69. The molecule has 0 radical (unpaired) electrons. The summed E-state index contributed by atoms with van der Waals surface area (Å²) in [4.78, 5) is 28.8. The fraction of sp³-hybridized carbons (Fsp3) is 0.333. The van der Waals surface area contributed by atoms with Crippen LogP contribution in [0.5, 0.6) is 0 Å². The number of amides is 2. The van der Waals surface area contributed by atoms with Crippen LogP contribution in [0.15, 0.2) is 77.7 Å². The highest BCUT2D eigenvalue weighted by molar-refractivity contribution is 7.92. The number of carbonyl (C=O) groups is 2. The Hall–Kier alpha value is -2.78. The molecule has 1 saturated carbocycles. The summed E-state index contributed by atoms with van der Waals surface area (Å²) in [5, 5.41) is 3.99. The Kier molecular flexibility index (Phi) is 10.6. The van der Waals surface area contributed by atoms with E-state index in [0.29, 0.717) is 15.6 Å². The Morgan fingerprint density at radius 1 is 0.902 bits per heavy atom. The zero-order chi connectivity index (χ0) is 29.6. The minimum Gasteiger partial charge on any atom is -0.352 e. The van der Waals surface area contributed by atoms with Crippen molar-refractivity contribution in [1.82, 2.24) is 10.2 Å². The molecule has 1 N–H and O–H groups in total. The first-order valence-electron chi connectivity index (χ1n) is 13.4. The molecule has 41 heavy (non-hydrogen) atoms. The molecule has 1 aliphatic carbocycles. The third kappa shape index (κ3) is 7.74. The van der Waals surface area contributed by atoms with E-state index in [-0.39, 0.29) is 34.1 Å². The number of hydrogen-bond acceptors (Lipinski definition) is 4. The van der Waals surface area contributed by atoms with Crippen molar-refractivity contribution < 1.29 is 18.0 Å². The molecule has 2 amide bonds. The monoisotopic (exact) mass is 635 g/mol. The first-order valence-corrected chi connectivity index (χ1v) is 16.0. The summed E-state index contributed by atoms with van der Waals surface area (Å²) < 4.78 is 28.7. The summed E-state index contributed by atoms with van der Waals surface area (Å²) in [6.07, 6.45) is 4.96. The molecular formula is C30H32Cl3N3O4S. The highest BCUT2D eigenvalue weighted by atomic mass is 35.5. The van der Waals surface area contributed by atoms with E-state index in [1.165, 1.54) is 23.1 Å². The summed E-state index contributed by atoms with van der Waals surface area (Å²) in [6.45, 7) is 1.01. The van der Waals surface area contributed by atoms with Gasteiger partial charge in [-0.2, -0.15) is 0 Å². The van der Waals surface area contributed by atoms with E-state index in [4.69, 9.17) is 34.8 Å². The van der Waals surface area contributed by atoms with Crippen LogP contribution in [0.3, 0.4) is 0 Å². The first kappa shape index (κ1) is 31.2. The maximum absolute atomic E-state index is 14.1. The van der Waals surface area contributed by atoms with Crippen LogP contribution in [0.1, 0.15) is 44.6 Å². The van der Waals surface area contributed by atoms with Crippen molar-refractivity contribution in [3.63, 3.8) is 0 Å². The third-order valence-electron chi connectivity index (χ3n) is 7.21. The Morgan fingerprint density at radius 2 is 1.56 bits per heavy atom. The van der Waals surface area contributed by atoms with Gasteiger partial charge in [-0.3, -0.25) is 13.9 Å². The standard InChI is InChI=1S/C30H32Cl3N3O4S/c1-21(30(38)34-24-10-4-2-5-11-24)35(19-22-16-17-23(31)18-27(22)33)29(37)20-36(28-15-9-8-14-26(28)32)41(39,40)25-12-6-3-7-13-25/h3,6-9,12-18,21,24H,2,4-5,10-11,19-20H2,1H3,(H,34,38)/t21-/m1/s1. The highest BCUT2D eigenvalue weighted by Crippen LogP contribution is 2.31. The number of halogens is 3. The molecule has 218 valence electrons. The van der Waals surface area contributed by atoms with Gasteiger partial charge in [0.05, 0.1) is 15.6 Å². The molecule has 0 saturated heterocycles. The van der Waals surface area contributed by atoms with Gasteiger partial charge in [-0.25, -0.2) is 8.42 Å². The molecule has 0 spiro atoms. The molecule has 0 heterocycles. The molecule has 1 aliphatic rings. The van der Waals surface area contributed by atoms with Crippen LogP contribution in [0.4, 0.5) is 5.69 Å². The lowest BCUT2D eigenvalue weighted by Gasteiger charge is -2.33. The maximum atomic E-state index is 14.1. The van der Waals surface area contributed by atoms with Gasteiger partial charge in [-0.1, -0.05) is 90.5 Å². The van der Waals surface area contributed by atoms with E-state index in [1.807, 2.05) is 0 Å². The number of hydrogen-bond donors (Lipinski definition) is 1. The van der Waals surface area contributed by atoms with E-state index < -0.39 is 28.5 Å². The molecule has 1 fully saturated rings. The molecule has 0 unspecified atom stereocenters. The van der Waals surface area contributed by atoms with Gasteiger partial charge >= 0.3 is 0 Å². The fourth-order valence-electron chi connectivity index (χ4n) is 4.87. The molecule has 11 heteroatoms. The van der Waals surface area contributed by atoms with E-state index in [9.17, 15) is 18.0 Å². The van der Waals surface area contributed by atoms with Gasteiger partial charge in [0.1, 0.15) is 12.6 Å². The van der Waals surface area contributed by atoms with E-state index >= 15 is 0 Å². The van der Waals surface area contributed by atoms with Crippen molar-refractivity contribution in [2.75, 3.05) is 10.8 Å². The van der Waals surface area contributed by atoms with Gasteiger partial charge in [0, 0.05) is 22.6 Å². The molecule has 3 aromatic carbocycles. The smallest absolute Gasteiger partial charge is 0.264 e. The van der Waals surface area contributed by atoms with Crippen LogP contribution in [0.2, 0.25) is 15.1 Å². The Bertz CT molecular complexity index is 1480. The van der Waals surface area contributed by atoms with Crippen LogP contribution >= 0.6 is 34.8 Å². The molecule has 7 nitrogen and oxygen atoms in total. The van der Waals surface area contributed by atoms with Gasteiger partial charge in [0.15, 0.2) is 0 Å². The normalized spacial score (nSPS) is 14.7. The van der Waals surface area contributed by atoms with Crippen molar-refractivity contribution in [1.29, 1.82) is 0 Å². The Morgan fingerprint density at radius 3 is 2.22 bits per heavy atom. The number of rotatable bonds is 10. The highest BCUT2D eigenvalue weighted by Gasteiger charge is 2.34. The van der Waals surface area contributed by atoms with Crippen molar-refractivity contribution in [3.05, 3.63) is 93.4 Å². The third-order valence-corrected chi connectivity index (χ3v) is 9.89. The summed E-state index contributed by atoms with van der Waals surface area (Å²) in [7, 11) is -4.20. The Labute approximate surface area is 256 Å². The number of benzene rings is 3.